The van der Waals surface area contributed by atoms with Crippen molar-refractivity contribution in [2.45, 2.75) is 18.9 Å². The first kappa shape index (κ1) is 16.5. The summed E-state index contributed by atoms with van der Waals surface area (Å²) in [6.45, 7) is 0. The number of urea groups is 1. The van der Waals surface area contributed by atoms with Gasteiger partial charge in [0.1, 0.15) is 0 Å². The fourth-order valence-electron chi connectivity index (χ4n) is 2.94. The molecule has 6 heteroatoms. The van der Waals surface area contributed by atoms with Crippen LogP contribution in [0.5, 0.6) is 11.5 Å². The summed E-state index contributed by atoms with van der Waals surface area (Å²) in [5.74, 6) is 1.38. The molecule has 1 unspecified atom stereocenters. The topological polar surface area (TPSA) is 59.6 Å². The van der Waals surface area contributed by atoms with E-state index in [4.69, 9.17) is 21.1 Å². The van der Waals surface area contributed by atoms with Crippen molar-refractivity contribution in [3.63, 3.8) is 0 Å². The van der Waals surface area contributed by atoms with Crippen LogP contribution in [0.1, 0.15) is 23.6 Å². The number of halogens is 1. The second-order valence-electron chi connectivity index (χ2n) is 5.60. The number of benzene rings is 2. The Hall–Kier alpha value is -2.40. The first-order chi connectivity index (χ1) is 11.6. The molecule has 0 radical (unpaired) electrons. The van der Waals surface area contributed by atoms with Crippen molar-refractivity contribution in [1.29, 1.82) is 0 Å². The van der Waals surface area contributed by atoms with E-state index in [1.165, 1.54) is 5.56 Å². The van der Waals surface area contributed by atoms with Crippen molar-refractivity contribution in [3.8, 4) is 11.5 Å². The predicted molar refractivity (Wildman–Crippen MR) is 94.2 cm³/mol. The molecule has 1 aliphatic rings. The summed E-state index contributed by atoms with van der Waals surface area (Å²) in [4.78, 5) is 12.2. The Morgan fingerprint density at radius 3 is 2.46 bits per heavy atom. The highest BCUT2D eigenvalue weighted by molar-refractivity contribution is 6.30. The summed E-state index contributed by atoms with van der Waals surface area (Å²) in [6, 6.07) is 10.6. The van der Waals surface area contributed by atoms with E-state index < -0.39 is 0 Å². The molecule has 5 nitrogen and oxygen atoms in total. The molecule has 0 saturated carbocycles. The molecule has 1 aliphatic carbocycles. The van der Waals surface area contributed by atoms with Gasteiger partial charge in [0.2, 0.25) is 0 Å². The molecule has 0 fully saturated rings. The highest BCUT2D eigenvalue weighted by Gasteiger charge is 2.26. The molecule has 2 amide bonds. The number of ether oxygens (including phenoxy) is 2. The van der Waals surface area contributed by atoms with Crippen LogP contribution < -0.4 is 20.1 Å². The number of hydrogen-bond donors (Lipinski definition) is 2. The van der Waals surface area contributed by atoms with Crippen molar-refractivity contribution in [1.82, 2.24) is 5.32 Å². The lowest BCUT2D eigenvalue weighted by Gasteiger charge is -2.16. The molecule has 1 atom stereocenters. The molecule has 0 spiro atoms. The average molecular weight is 347 g/mol. The molecule has 0 aromatic heterocycles. The van der Waals surface area contributed by atoms with Gasteiger partial charge in [0.25, 0.3) is 0 Å². The van der Waals surface area contributed by atoms with E-state index in [1.54, 1.807) is 38.5 Å². The molecule has 126 valence electrons. The van der Waals surface area contributed by atoms with Crippen LogP contribution >= 0.6 is 11.6 Å². The summed E-state index contributed by atoms with van der Waals surface area (Å²) < 4.78 is 10.7. The first-order valence-corrected chi connectivity index (χ1v) is 8.06. The van der Waals surface area contributed by atoms with E-state index in [0.29, 0.717) is 22.2 Å². The third-order valence-electron chi connectivity index (χ3n) is 4.13. The van der Waals surface area contributed by atoms with Crippen molar-refractivity contribution < 1.29 is 14.3 Å². The van der Waals surface area contributed by atoms with Gasteiger partial charge in [0, 0.05) is 10.7 Å². The zero-order valence-corrected chi connectivity index (χ0v) is 14.3. The number of aryl methyl sites for hydroxylation is 1. The van der Waals surface area contributed by atoms with Crippen molar-refractivity contribution in [2.24, 2.45) is 0 Å². The fraction of sp³-hybridized carbons (Fsp3) is 0.278. The van der Waals surface area contributed by atoms with Crippen LogP contribution in [-0.4, -0.2) is 20.3 Å². The summed E-state index contributed by atoms with van der Waals surface area (Å²) in [7, 11) is 3.23. The summed E-state index contributed by atoms with van der Waals surface area (Å²) in [5, 5.41) is 6.45. The summed E-state index contributed by atoms with van der Waals surface area (Å²) >= 11 is 5.84. The smallest absolute Gasteiger partial charge is 0.319 e. The molecular formula is C18H19ClN2O3. The number of carbonyl (C=O) groups excluding carboxylic acids is 1. The number of carbonyl (C=O) groups is 1. The second kappa shape index (κ2) is 7.01. The van der Waals surface area contributed by atoms with Gasteiger partial charge in [-0.25, -0.2) is 4.79 Å². The third-order valence-corrected chi connectivity index (χ3v) is 4.38. The number of anilines is 1. The second-order valence-corrected chi connectivity index (χ2v) is 6.04. The van der Waals surface area contributed by atoms with Gasteiger partial charge in [-0.2, -0.15) is 0 Å². The lowest BCUT2D eigenvalue weighted by atomic mass is 10.1. The fourth-order valence-corrected chi connectivity index (χ4v) is 3.07. The van der Waals surface area contributed by atoms with Crippen LogP contribution in [0.25, 0.3) is 0 Å². The number of fused-ring (bicyclic) bond motifs is 1. The van der Waals surface area contributed by atoms with Gasteiger partial charge in [-0.3, -0.25) is 0 Å². The van der Waals surface area contributed by atoms with E-state index in [1.807, 2.05) is 12.1 Å². The number of rotatable bonds is 4. The largest absolute Gasteiger partial charge is 0.493 e. The Labute approximate surface area is 145 Å². The molecule has 0 heterocycles. The zero-order valence-electron chi connectivity index (χ0n) is 13.6. The standard InChI is InChI=1S/C18H19ClN2O3/c1-23-16-9-11-3-8-15(14(11)10-17(16)24-2)21-18(22)20-13-6-4-12(19)5-7-13/h4-7,9-10,15H,3,8H2,1-2H3,(H2,20,21,22). The number of nitrogens with one attached hydrogen (secondary N) is 2. The molecule has 0 aliphatic heterocycles. The van der Waals surface area contributed by atoms with Crippen LogP contribution in [-0.2, 0) is 6.42 Å². The van der Waals surface area contributed by atoms with Crippen LogP contribution in [0.4, 0.5) is 10.5 Å². The molecule has 2 aromatic carbocycles. The normalized spacial score (nSPS) is 15.5. The maximum atomic E-state index is 12.2. The molecule has 0 saturated heterocycles. The third kappa shape index (κ3) is 3.41. The maximum Gasteiger partial charge on any atom is 0.319 e. The first-order valence-electron chi connectivity index (χ1n) is 7.68. The Morgan fingerprint density at radius 2 is 1.79 bits per heavy atom. The van der Waals surface area contributed by atoms with E-state index in [9.17, 15) is 4.79 Å². The molecule has 24 heavy (non-hydrogen) atoms. The molecule has 2 N–H and O–H groups in total. The van der Waals surface area contributed by atoms with Gasteiger partial charge in [-0.05, 0) is 60.4 Å². The lowest BCUT2D eigenvalue weighted by molar-refractivity contribution is 0.248. The van der Waals surface area contributed by atoms with E-state index in [2.05, 4.69) is 10.6 Å². The summed E-state index contributed by atoms with van der Waals surface area (Å²) in [5.41, 5.74) is 2.94. The van der Waals surface area contributed by atoms with E-state index >= 15 is 0 Å². The van der Waals surface area contributed by atoms with Crippen LogP contribution in [0, 0.1) is 0 Å². The molecule has 2 aromatic rings. The lowest BCUT2D eigenvalue weighted by Crippen LogP contribution is -2.31. The molecule has 3 rings (SSSR count). The quantitative estimate of drug-likeness (QED) is 0.873. The minimum absolute atomic E-state index is 0.0490. The number of hydrogen-bond acceptors (Lipinski definition) is 3. The van der Waals surface area contributed by atoms with Crippen molar-refractivity contribution >= 4 is 23.3 Å². The molecule has 0 bridgehead atoms. The summed E-state index contributed by atoms with van der Waals surface area (Å²) in [6.07, 6.45) is 1.74. The molecular weight excluding hydrogens is 328 g/mol. The Kier molecular flexibility index (Phi) is 4.81. The van der Waals surface area contributed by atoms with Gasteiger partial charge in [0.15, 0.2) is 11.5 Å². The Balaban J connectivity index is 1.71. The predicted octanol–water partition coefficient (Wildman–Crippen LogP) is 4.17. The Morgan fingerprint density at radius 1 is 1.12 bits per heavy atom. The van der Waals surface area contributed by atoms with Crippen LogP contribution in [0.15, 0.2) is 36.4 Å². The van der Waals surface area contributed by atoms with E-state index in [-0.39, 0.29) is 12.1 Å². The maximum absolute atomic E-state index is 12.2. The minimum Gasteiger partial charge on any atom is -0.493 e. The van der Waals surface area contributed by atoms with Crippen molar-refractivity contribution in [3.05, 3.63) is 52.5 Å². The monoisotopic (exact) mass is 346 g/mol. The highest BCUT2D eigenvalue weighted by atomic mass is 35.5. The van der Waals surface area contributed by atoms with Gasteiger partial charge in [0.05, 0.1) is 20.3 Å². The van der Waals surface area contributed by atoms with Crippen LogP contribution in [0.3, 0.4) is 0 Å². The van der Waals surface area contributed by atoms with Crippen molar-refractivity contribution in [2.75, 3.05) is 19.5 Å². The van der Waals surface area contributed by atoms with Gasteiger partial charge < -0.3 is 20.1 Å². The minimum atomic E-state index is -0.245. The highest BCUT2D eigenvalue weighted by Crippen LogP contribution is 2.39. The Bertz CT molecular complexity index is 747. The van der Waals surface area contributed by atoms with Crippen LogP contribution in [0.2, 0.25) is 5.02 Å². The average Bonchev–Trinajstić information content (AvgIpc) is 2.97. The van der Waals surface area contributed by atoms with Gasteiger partial charge in [-0.15, -0.1) is 0 Å². The zero-order chi connectivity index (χ0) is 17.1. The van der Waals surface area contributed by atoms with E-state index in [0.717, 1.165) is 18.4 Å². The van der Waals surface area contributed by atoms with Gasteiger partial charge in [-0.1, -0.05) is 11.6 Å². The van der Waals surface area contributed by atoms with Gasteiger partial charge >= 0.3 is 6.03 Å². The SMILES string of the molecule is COc1cc2c(cc1OC)C(NC(=O)Nc1ccc(Cl)cc1)CC2. The number of amides is 2. The number of methoxy groups -OCH3 is 2.